The van der Waals surface area contributed by atoms with Gasteiger partial charge in [0.05, 0.1) is 55.5 Å². The van der Waals surface area contributed by atoms with Crippen LogP contribution in [-0.2, 0) is 34.6 Å². The summed E-state index contributed by atoms with van der Waals surface area (Å²) in [6.07, 6.45) is 5.14. The van der Waals surface area contributed by atoms with Crippen molar-refractivity contribution in [3.8, 4) is 34.5 Å². The van der Waals surface area contributed by atoms with Crippen LogP contribution in [0.2, 0.25) is 0 Å². The Morgan fingerprint density at radius 3 is 1.13 bits per heavy atom. The van der Waals surface area contributed by atoms with E-state index in [1.54, 1.807) is 60.3 Å². The zero-order valence-corrected chi connectivity index (χ0v) is 92.7. The van der Waals surface area contributed by atoms with Crippen LogP contribution in [-0.4, -0.2) is 255 Å². The Hall–Kier alpha value is -10.4. The topological polar surface area (TPSA) is 302 Å². The first kappa shape index (κ1) is 125. The molecule has 3 heterocycles. The van der Waals surface area contributed by atoms with Gasteiger partial charge < -0.3 is 53.8 Å². The number of hydrogen-bond acceptors (Lipinski definition) is 22. The van der Waals surface area contributed by atoms with Gasteiger partial charge in [0.1, 0.15) is 60.9 Å². The number of likely N-dealkylation sites (tertiary alicyclic amines) is 1. The highest BCUT2D eigenvalue weighted by Crippen LogP contribution is 2.21. The lowest BCUT2D eigenvalue weighted by molar-refractivity contribution is 0.0322. The molecule has 0 aliphatic carbocycles. The predicted molar refractivity (Wildman–Crippen MR) is 600 cm³/mol. The molecule has 0 unspecified atom stereocenters. The number of hydrogen-bond donors (Lipinski definition) is 4. The number of morpholine rings is 1. The molecule has 0 bridgehead atoms. The zero-order chi connectivity index (χ0) is 105. The normalized spacial score (nSPS) is 13.3. The Labute approximate surface area is 873 Å². The number of halogens is 2. The molecule has 0 aromatic heterocycles. The number of piperazine rings is 1. The number of aliphatic hydroxyl groups is 1. The van der Waals surface area contributed by atoms with Crippen LogP contribution in [0.3, 0.4) is 0 Å². The molecule has 3 fully saturated rings. The Balaban J connectivity index is 0.000000330. The summed E-state index contributed by atoms with van der Waals surface area (Å²) in [6, 6.07) is 86.1. The minimum atomic E-state index is -3.24. The molecule has 25 nitrogen and oxygen atoms in total. The minimum Gasteiger partial charge on any atom is -0.493 e. The van der Waals surface area contributed by atoms with Crippen LogP contribution in [0.4, 0.5) is 17.1 Å². The van der Waals surface area contributed by atoms with Crippen molar-refractivity contribution < 1.29 is 63.5 Å². The summed E-state index contributed by atoms with van der Waals surface area (Å²) >= 11 is 10.5. The second kappa shape index (κ2) is 72.8. The highest BCUT2D eigenvalue weighted by Gasteiger charge is 2.20. The van der Waals surface area contributed by atoms with E-state index in [2.05, 4.69) is 188 Å². The first-order valence-electron chi connectivity index (χ1n) is 48.2. The van der Waals surface area contributed by atoms with Gasteiger partial charge in [-0.05, 0) is 267 Å². The second-order valence-electron chi connectivity index (χ2n) is 34.9. The fourth-order valence-electron chi connectivity index (χ4n) is 12.7. The molecule has 0 amide bonds. The third kappa shape index (κ3) is 62.8. The number of aryl methyl sites for hydroxylation is 11. The summed E-state index contributed by atoms with van der Waals surface area (Å²) in [5, 5.41) is 13.6. The molecule has 0 radical (unpaired) electrons. The number of anilines is 3. The standard InChI is InChI=1S/C14H22N2O.2C13H19NO2.C11H17NO.C10H14ClNO2S.C10H15NO2S.C9H11BrO.C9H11N3O.C8H10O2S.C8H10S.C7H9N/c1-13-3-5-14(6-4-13)17-12-11-16-9-7-15(2)8-10-16;1-12-2-4-13(5-3-12)16-11-8-14-6-9-15-10-7-14;1-11-2-4-13(5-3-11)16-9-8-14-7-6-12(15)10-14;1-10-4-6-11(7-5-10)13-9-8-12(2)3;1-9-3-5-10(6-4-9)12-15(13,14)8-2-7-11;1-3-8-14(12,13)11-10-6-4-9(2)5-7-10;1-8-2-4-9(5-3-8)11-7-6-10;1-8-2-4-9(5-3-8)13-7-6-11-12-10;1-7-3-5-8(6-4-7)11(2,9)10;1-7-3-5-8(9-2)6-4-7;1-6-3-2-4-7(8)5-6/h3-6H,7-12H2,1-2H3;2-5H,6-11H2,1H3;2-5,12,15H,6-10H2,1H3;4-7H,8-9H2,1-3H3;3-6,12H,2,7-8H2,1H3;4-7,11H,3,8H2,1-2H3;2-5H,6-7H2,1H3;2-5H,6-7H2,1H3;3-6H,1-2H3;3-6H,1-2H3;2-5H,8H2,1H3/t;;12-;;;;;;;;/m..0......../s1. The number of rotatable bonds is 34. The van der Waals surface area contributed by atoms with E-state index in [1.165, 1.54) is 68.7 Å². The smallest absolute Gasteiger partial charge is 0.232 e. The number of sulfone groups is 1. The molecular weight excluding hydrogens is 1970 g/mol. The van der Waals surface area contributed by atoms with Crippen LogP contribution in [0.1, 0.15) is 87.4 Å². The number of azide groups is 1. The van der Waals surface area contributed by atoms with E-state index in [-0.39, 0.29) is 17.6 Å². The molecule has 11 aromatic carbocycles. The van der Waals surface area contributed by atoms with Crippen molar-refractivity contribution in [1.29, 1.82) is 0 Å². The van der Waals surface area contributed by atoms with Gasteiger partial charge >= 0.3 is 0 Å². The third-order valence-corrected chi connectivity index (χ3v) is 26.5. The monoisotopic (exact) mass is 2120 g/mol. The summed E-state index contributed by atoms with van der Waals surface area (Å²) in [6.45, 7) is 42.7. The van der Waals surface area contributed by atoms with Crippen molar-refractivity contribution in [2.75, 3.05) is 209 Å². The summed E-state index contributed by atoms with van der Waals surface area (Å²) in [4.78, 5) is 15.9. The van der Waals surface area contributed by atoms with E-state index in [9.17, 15) is 30.4 Å². The molecule has 0 spiro atoms. The first-order valence-corrected chi connectivity index (χ1v) is 56.3. The maximum atomic E-state index is 11.5. The van der Waals surface area contributed by atoms with E-state index in [0.29, 0.717) is 54.8 Å². The number of aliphatic hydroxyl groups excluding tert-OH is 1. The van der Waals surface area contributed by atoms with Gasteiger partial charge in [0, 0.05) is 123 Å². The van der Waals surface area contributed by atoms with Crippen LogP contribution < -0.4 is 43.6 Å². The van der Waals surface area contributed by atoms with E-state index >= 15 is 0 Å². The van der Waals surface area contributed by atoms with Crippen LogP contribution >= 0.6 is 39.3 Å². The molecule has 143 heavy (non-hydrogen) atoms. The number of nitrogens with one attached hydrogen (secondary N) is 2. The average molecular weight is 2130 g/mol. The fourth-order valence-corrected chi connectivity index (χ4v) is 16.4. The van der Waals surface area contributed by atoms with Gasteiger partial charge in [-0.25, -0.2) is 25.3 Å². The summed E-state index contributed by atoms with van der Waals surface area (Å²) in [5.74, 6) is 6.13. The van der Waals surface area contributed by atoms with E-state index < -0.39 is 29.9 Å². The third-order valence-electron chi connectivity index (χ3n) is 21.2. The molecular formula is C112H157BrClN11O14S4. The van der Waals surface area contributed by atoms with Gasteiger partial charge in [-0.1, -0.05) is 217 Å². The molecule has 5 N–H and O–H groups in total. The van der Waals surface area contributed by atoms with Gasteiger partial charge in [0.2, 0.25) is 20.0 Å². The van der Waals surface area contributed by atoms with Crippen molar-refractivity contribution >= 4 is 86.2 Å². The number of thioether (sulfide) groups is 1. The van der Waals surface area contributed by atoms with E-state index in [0.717, 1.165) is 174 Å². The van der Waals surface area contributed by atoms with Crippen molar-refractivity contribution in [1.82, 2.24) is 24.5 Å². The molecule has 31 heteroatoms. The van der Waals surface area contributed by atoms with Crippen LogP contribution in [0, 0.1) is 76.2 Å². The van der Waals surface area contributed by atoms with Gasteiger partial charge in [-0.3, -0.25) is 24.1 Å². The second-order valence-corrected chi connectivity index (χ2v) is 42.6. The number of ether oxygens (including phenoxy) is 7. The number of alkyl halides is 2. The minimum absolute atomic E-state index is 0.0599. The molecule has 14 rings (SSSR count). The quantitative estimate of drug-likeness (QED) is 0.00554. The Kier molecular flexibility index (Phi) is 63.6. The van der Waals surface area contributed by atoms with E-state index in [1.807, 2.05) is 201 Å². The van der Waals surface area contributed by atoms with Crippen LogP contribution in [0.5, 0.6) is 34.5 Å². The number of nitrogens with two attached hydrogens (primary N) is 1. The lowest BCUT2D eigenvalue weighted by atomic mass is 10.2. The van der Waals surface area contributed by atoms with Crippen molar-refractivity contribution in [3.63, 3.8) is 0 Å². The molecule has 3 aliphatic rings. The number of sulfonamides is 2. The number of nitrogens with zero attached hydrogens (tertiary/aromatic N) is 8. The molecule has 3 saturated heterocycles. The molecule has 3 aliphatic heterocycles. The van der Waals surface area contributed by atoms with Crippen LogP contribution in [0.15, 0.2) is 282 Å². The maximum absolute atomic E-state index is 11.5. The Morgan fingerprint density at radius 1 is 0.469 bits per heavy atom. The van der Waals surface area contributed by atoms with Crippen LogP contribution in [0.25, 0.3) is 10.4 Å². The summed E-state index contributed by atoms with van der Waals surface area (Å²) in [7, 11) is -3.15. The number of likely N-dealkylation sites (N-methyl/N-ethyl adjacent to an activating group) is 2. The predicted octanol–water partition coefficient (Wildman–Crippen LogP) is 22.4. The van der Waals surface area contributed by atoms with E-state index in [4.69, 9.17) is 56.0 Å². The highest BCUT2D eigenvalue weighted by atomic mass is 79.9. The van der Waals surface area contributed by atoms with Gasteiger partial charge in [0.15, 0.2) is 9.84 Å². The largest absolute Gasteiger partial charge is 0.493 e. The van der Waals surface area contributed by atoms with Gasteiger partial charge in [0.25, 0.3) is 0 Å². The average Bonchev–Trinajstić information content (AvgIpc) is 0.906. The molecule has 11 aromatic rings. The molecule has 782 valence electrons. The number of nitrogen functional groups attached to an aromatic ring is 1. The van der Waals surface area contributed by atoms with Crippen molar-refractivity contribution in [3.05, 3.63) is 339 Å². The van der Waals surface area contributed by atoms with Crippen molar-refractivity contribution in [2.24, 2.45) is 5.11 Å². The van der Waals surface area contributed by atoms with Gasteiger partial charge in [-0.15, -0.1) is 23.4 Å². The number of β-amino-alcohol motifs (C(OH)–C–C–N with tert-alkyl or cyclic N) is 1. The summed E-state index contributed by atoms with van der Waals surface area (Å²) < 4.78 is 111. The molecule has 0 saturated carbocycles. The fraction of sp³-hybridized carbons (Fsp3) is 0.411. The Morgan fingerprint density at radius 2 is 0.811 bits per heavy atom. The maximum Gasteiger partial charge on any atom is 0.232 e. The lowest BCUT2D eigenvalue weighted by Crippen LogP contribution is -2.45. The lowest BCUT2D eigenvalue weighted by Gasteiger charge is -2.32. The summed E-state index contributed by atoms with van der Waals surface area (Å²) in [5.41, 5.74) is 28.8. The highest BCUT2D eigenvalue weighted by molar-refractivity contribution is 9.09. The Bertz CT molecular complexity index is 5520. The number of benzene rings is 11. The zero-order valence-electron chi connectivity index (χ0n) is 87.1. The SMILES string of the molecule is CCCS(=O)(=O)Nc1ccc(C)cc1.CSc1ccc(C)cc1.Cc1ccc(NS(=O)(=O)CCCCl)cc1.Cc1ccc(OCCBr)cc1.Cc1ccc(OCCN(C)C)cc1.Cc1ccc(OCCN2CCN(C)CC2)cc1.Cc1ccc(OCCN2CCOCC2)cc1.Cc1ccc(OCCN2CC[C@H](O)C2)cc1.Cc1ccc(OCCN=[N+]=[N-])cc1.Cc1ccc(S(C)(=O)=O)cc1.Cc1cccc(N)c1. The van der Waals surface area contributed by atoms with Crippen molar-refractivity contribution in [2.45, 2.75) is 118 Å². The molecule has 1 atom stereocenters. The van der Waals surface area contributed by atoms with Gasteiger partial charge in [-0.2, -0.15) is 0 Å². The first-order chi connectivity index (χ1) is 68.3.